The Morgan fingerprint density at radius 3 is 3.40 bits per heavy atom. The molecule has 0 fully saturated rings. The van der Waals surface area contributed by atoms with E-state index >= 15 is 0 Å². The monoisotopic (exact) mass is 137 g/mol. The Morgan fingerprint density at radius 1 is 1.50 bits per heavy atom. The molecule has 2 heteroatoms. The van der Waals surface area contributed by atoms with Crippen LogP contribution in [0.1, 0.15) is 12.8 Å². The first kappa shape index (κ1) is 5.98. The van der Waals surface area contributed by atoms with Crippen LogP contribution in [0.15, 0.2) is 23.5 Å². The fraction of sp³-hybridized carbons (Fsp3) is 0.500. The van der Waals surface area contributed by atoms with Crippen molar-refractivity contribution in [1.82, 2.24) is 5.32 Å². The third-order valence-electron chi connectivity index (χ3n) is 1.88. The predicted octanol–water partition coefficient (Wildman–Crippen LogP) is 1.17. The van der Waals surface area contributed by atoms with Gasteiger partial charge in [0, 0.05) is 18.5 Å². The third kappa shape index (κ3) is 0.948. The van der Waals surface area contributed by atoms with Crippen molar-refractivity contribution in [3.05, 3.63) is 23.5 Å². The van der Waals surface area contributed by atoms with Crippen LogP contribution in [-0.2, 0) is 4.74 Å². The number of ether oxygens (including phenoxy) is 1. The smallest absolute Gasteiger partial charge is 0.139 e. The Kier molecular flexibility index (Phi) is 1.47. The number of rotatable bonds is 0. The second-order valence-electron chi connectivity index (χ2n) is 2.60. The van der Waals surface area contributed by atoms with Gasteiger partial charge in [0.25, 0.3) is 0 Å². The van der Waals surface area contributed by atoms with Crippen LogP contribution < -0.4 is 5.32 Å². The minimum atomic E-state index is 0.687. The lowest BCUT2D eigenvalue weighted by Gasteiger charge is -2.22. The summed E-state index contributed by atoms with van der Waals surface area (Å²) in [5.74, 6) is 1.20. The van der Waals surface area contributed by atoms with Crippen LogP contribution in [0.25, 0.3) is 0 Å². The van der Waals surface area contributed by atoms with Crippen molar-refractivity contribution in [2.24, 2.45) is 0 Å². The second kappa shape index (κ2) is 2.46. The summed E-state index contributed by atoms with van der Waals surface area (Å²) in [5.41, 5.74) is 1.33. The highest BCUT2D eigenvalue weighted by Crippen LogP contribution is 2.20. The van der Waals surface area contributed by atoms with Crippen LogP contribution in [-0.4, -0.2) is 13.3 Å². The molecule has 0 spiro atoms. The lowest BCUT2D eigenvalue weighted by molar-refractivity contribution is 0.163. The van der Waals surface area contributed by atoms with Gasteiger partial charge in [0.1, 0.15) is 12.5 Å². The average Bonchev–Trinajstić information content (AvgIpc) is 2.05. The standard InChI is InChI=1S/C8H11NO/c1-2-4-8-7(3-1)5-9-6-10-8/h1,3,9H,2,4-6H2. The zero-order chi connectivity index (χ0) is 6.81. The summed E-state index contributed by atoms with van der Waals surface area (Å²) in [4.78, 5) is 0. The Labute approximate surface area is 60.6 Å². The van der Waals surface area contributed by atoms with Crippen LogP contribution in [0.4, 0.5) is 0 Å². The Balaban J connectivity index is 2.23. The summed E-state index contributed by atoms with van der Waals surface area (Å²) in [5, 5.41) is 3.15. The summed E-state index contributed by atoms with van der Waals surface area (Å²) in [6.07, 6.45) is 6.59. The van der Waals surface area contributed by atoms with Gasteiger partial charge in [0.15, 0.2) is 0 Å². The van der Waals surface area contributed by atoms with Gasteiger partial charge < -0.3 is 4.74 Å². The summed E-state index contributed by atoms with van der Waals surface area (Å²) in [6, 6.07) is 0. The molecular formula is C8H11NO. The van der Waals surface area contributed by atoms with Crippen molar-refractivity contribution in [3.8, 4) is 0 Å². The lowest BCUT2D eigenvalue weighted by atomic mass is 10.0. The van der Waals surface area contributed by atoms with E-state index in [1.807, 2.05) is 0 Å². The fourth-order valence-corrected chi connectivity index (χ4v) is 1.34. The highest BCUT2D eigenvalue weighted by atomic mass is 16.5. The quantitative estimate of drug-likeness (QED) is 0.541. The van der Waals surface area contributed by atoms with Crippen LogP contribution in [0.3, 0.4) is 0 Å². The molecule has 54 valence electrons. The van der Waals surface area contributed by atoms with Crippen molar-refractivity contribution in [2.45, 2.75) is 12.8 Å². The predicted molar refractivity (Wildman–Crippen MR) is 39.4 cm³/mol. The van der Waals surface area contributed by atoms with Crippen LogP contribution in [0.2, 0.25) is 0 Å². The molecule has 0 saturated heterocycles. The van der Waals surface area contributed by atoms with Gasteiger partial charge in [-0.1, -0.05) is 12.2 Å². The normalized spacial score (nSPS) is 24.0. The molecule has 0 saturated carbocycles. The van der Waals surface area contributed by atoms with Gasteiger partial charge in [0.2, 0.25) is 0 Å². The fourth-order valence-electron chi connectivity index (χ4n) is 1.34. The molecule has 10 heavy (non-hydrogen) atoms. The molecule has 2 aliphatic rings. The molecule has 0 amide bonds. The van der Waals surface area contributed by atoms with Gasteiger partial charge in [-0.3, -0.25) is 5.32 Å². The minimum absolute atomic E-state index is 0.687. The van der Waals surface area contributed by atoms with Crippen molar-refractivity contribution in [1.29, 1.82) is 0 Å². The first-order valence-electron chi connectivity index (χ1n) is 3.69. The Hall–Kier alpha value is -0.760. The van der Waals surface area contributed by atoms with E-state index in [-0.39, 0.29) is 0 Å². The second-order valence-corrected chi connectivity index (χ2v) is 2.60. The molecule has 1 aliphatic heterocycles. The van der Waals surface area contributed by atoms with E-state index in [4.69, 9.17) is 4.74 Å². The molecule has 0 radical (unpaired) electrons. The van der Waals surface area contributed by atoms with Crippen LogP contribution in [0.5, 0.6) is 0 Å². The van der Waals surface area contributed by atoms with Gasteiger partial charge in [-0.15, -0.1) is 0 Å². The van der Waals surface area contributed by atoms with E-state index in [1.54, 1.807) is 0 Å². The number of hydrogen-bond donors (Lipinski definition) is 1. The van der Waals surface area contributed by atoms with Gasteiger partial charge in [-0.05, 0) is 6.42 Å². The largest absolute Gasteiger partial charge is 0.482 e. The Morgan fingerprint density at radius 2 is 2.50 bits per heavy atom. The number of allylic oxidation sites excluding steroid dienone is 2. The van der Waals surface area contributed by atoms with E-state index in [9.17, 15) is 0 Å². The maximum absolute atomic E-state index is 5.40. The molecule has 0 bridgehead atoms. The lowest BCUT2D eigenvalue weighted by Crippen LogP contribution is -2.27. The molecule has 0 aromatic carbocycles. The zero-order valence-electron chi connectivity index (χ0n) is 5.89. The van der Waals surface area contributed by atoms with Crippen LogP contribution in [0, 0.1) is 0 Å². The van der Waals surface area contributed by atoms with Gasteiger partial charge in [0.05, 0.1) is 0 Å². The SMILES string of the molecule is C1=CC2=C(CC1)OCNC2. The summed E-state index contributed by atoms with van der Waals surface area (Å²) in [7, 11) is 0. The summed E-state index contributed by atoms with van der Waals surface area (Å²) < 4.78 is 5.40. The average molecular weight is 137 g/mol. The molecule has 0 atom stereocenters. The van der Waals surface area contributed by atoms with Gasteiger partial charge in [-0.2, -0.15) is 0 Å². The first-order valence-corrected chi connectivity index (χ1v) is 3.69. The first-order chi connectivity index (χ1) is 4.97. The van der Waals surface area contributed by atoms with E-state index in [0.717, 1.165) is 19.4 Å². The van der Waals surface area contributed by atoms with Crippen LogP contribution >= 0.6 is 0 Å². The van der Waals surface area contributed by atoms with Crippen molar-refractivity contribution < 1.29 is 4.74 Å². The van der Waals surface area contributed by atoms with Gasteiger partial charge in [-0.25, -0.2) is 0 Å². The Bertz CT molecular complexity index is 193. The molecule has 0 aromatic rings. The molecule has 1 heterocycles. The molecule has 2 rings (SSSR count). The number of nitrogens with one attached hydrogen (secondary N) is 1. The molecule has 1 aliphatic carbocycles. The van der Waals surface area contributed by atoms with E-state index < -0.39 is 0 Å². The highest BCUT2D eigenvalue weighted by molar-refractivity contribution is 5.28. The van der Waals surface area contributed by atoms with E-state index in [0.29, 0.717) is 6.73 Å². The highest BCUT2D eigenvalue weighted by Gasteiger charge is 2.12. The molecule has 0 aromatic heterocycles. The molecule has 1 N–H and O–H groups in total. The minimum Gasteiger partial charge on any atom is -0.482 e. The van der Waals surface area contributed by atoms with Crippen molar-refractivity contribution in [3.63, 3.8) is 0 Å². The summed E-state index contributed by atoms with van der Waals surface area (Å²) >= 11 is 0. The summed E-state index contributed by atoms with van der Waals surface area (Å²) in [6.45, 7) is 1.67. The van der Waals surface area contributed by atoms with E-state index in [1.165, 1.54) is 11.3 Å². The van der Waals surface area contributed by atoms with E-state index in [2.05, 4.69) is 17.5 Å². The topological polar surface area (TPSA) is 21.3 Å². The number of hydrogen-bond acceptors (Lipinski definition) is 2. The maximum Gasteiger partial charge on any atom is 0.139 e. The molecule has 0 unspecified atom stereocenters. The van der Waals surface area contributed by atoms with Crippen molar-refractivity contribution >= 4 is 0 Å². The zero-order valence-corrected chi connectivity index (χ0v) is 5.89. The maximum atomic E-state index is 5.40. The molecule has 2 nitrogen and oxygen atoms in total. The molecular weight excluding hydrogens is 126 g/mol. The third-order valence-corrected chi connectivity index (χ3v) is 1.88. The van der Waals surface area contributed by atoms with Crippen molar-refractivity contribution in [2.75, 3.05) is 13.3 Å². The van der Waals surface area contributed by atoms with Gasteiger partial charge >= 0.3 is 0 Å².